The number of amides is 1. The van der Waals surface area contributed by atoms with Crippen LogP contribution in [0.25, 0.3) is 0 Å². The second-order valence-corrected chi connectivity index (χ2v) is 5.60. The Bertz CT molecular complexity index is 891. The quantitative estimate of drug-likeness (QED) is 0.418. The van der Waals surface area contributed by atoms with Crippen LogP contribution in [0.1, 0.15) is 27.7 Å². The Labute approximate surface area is 149 Å². The molecule has 7 nitrogen and oxygen atoms in total. The van der Waals surface area contributed by atoms with E-state index in [1.807, 2.05) is 42.5 Å². The van der Waals surface area contributed by atoms with Gasteiger partial charge in [0.2, 0.25) is 0 Å². The number of nitrogens with one attached hydrogen (secondary N) is 1. The Balaban J connectivity index is 1.94. The summed E-state index contributed by atoms with van der Waals surface area (Å²) in [4.78, 5) is 27.4. The molecule has 1 amide bonds. The van der Waals surface area contributed by atoms with Gasteiger partial charge in [0.05, 0.1) is 16.7 Å². The number of hydrogen-bond donors (Lipinski definition) is 2. The molecular weight excluding hydrogens is 332 g/mol. The number of aromatic nitrogens is 1. The van der Waals surface area contributed by atoms with Gasteiger partial charge in [0, 0.05) is 17.8 Å². The summed E-state index contributed by atoms with van der Waals surface area (Å²) in [7, 11) is 0. The fourth-order valence-corrected chi connectivity index (χ4v) is 2.58. The van der Waals surface area contributed by atoms with Crippen LogP contribution in [0, 0.1) is 10.1 Å². The summed E-state index contributed by atoms with van der Waals surface area (Å²) >= 11 is 0. The normalized spacial score (nSPS) is 11.5. The predicted octanol–water partition coefficient (Wildman–Crippen LogP) is 3.09. The number of nitro benzene ring substituents is 1. The molecule has 0 bridgehead atoms. The van der Waals surface area contributed by atoms with E-state index in [0.29, 0.717) is 5.69 Å². The van der Waals surface area contributed by atoms with E-state index in [1.54, 1.807) is 12.3 Å². The van der Waals surface area contributed by atoms with Gasteiger partial charge in [0.1, 0.15) is 5.69 Å². The number of hydrogen-bond acceptors (Lipinski definition) is 5. The topological polar surface area (TPSA) is 111 Å². The van der Waals surface area contributed by atoms with E-state index >= 15 is 0 Å². The van der Waals surface area contributed by atoms with E-state index in [4.69, 9.17) is 5.73 Å². The van der Waals surface area contributed by atoms with Crippen molar-refractivity contribution in [2.75, 3.05) is 5.73 Å². The molecule has 0 radical (unpaired) electrons. The monoisotopic (exact) mass is 348 g/mol. The first kappa shape index (κ1) is 17.1. The molecule has 130 valence electrons. The maximum absolute atomic E-state index is 12.7. The van der Waals surface area contributed by atoms with E-state index in [-0.39, 0.29) is 16.9 Å². The molecule has 3 rings (SSSR count). The first-order chi connectivity index (χ1) is 12.6. The molecule has 2 aromatic carbocycles. The summed E-state index contributed by atoms with van der Waals surface area (Å²) in [5.41, 5.74) is 6.97. The number of nitrogens with zero attached hydrogens (tertiary/aromatic N) is 2. The summed E-state index contributed by atoms with van der Waals surface area (Å²) in [6, 6.07) is 18.3. The lowest BCUT2D eigenvalue weighted by Crippen LogP contribution is -2.30. The second-order valence-electron chi connectivity index (χ2n) is 5.60. The van der Waals surface area contributed by atoms with E-state index < -0.39 is 16.9 Å². The number of nitrogen functional groups attached to an aromatic ring is 1. The molecule has 0 aliphatic rings. The highest BCUT2D eigenvalue weighted by Crippen LogP contribution is 2.24. The molecule has 7 heteroatoms. The van der Waals surface area contributed by atoms with Crippen LogP contribution < -0.4 is 11.1 Å². The molecule has 0 saturated carbocycles. The van der Waals surface area contributed by atoms with Crippen LogP contribution in [-0.4, -0.2) is 15.8 Å². The molecule has 0 fully saturated rings. The van der Waals surface area contributed by atoms with Crippen molar-refractivity contribution in [1.82, 2.24) is 10.3 Å². The molecule has 26 heavy (non-hydrogen) atoms. The van der Waals surface area contributed by atoms with Gasteiger partial charge in [-0.1, -0.05) is 36.4 Å². The maximum Gasteiger partial charge on any atom is 0.292 e. The van der Waals surface area contributed by atoms with E-state index in [2.05, 4.69) is 10.3 Å². The molecule has 0 spiro atoms. The molecule has 1 unspecified atom stereocenters. The Hall–Kier alpha value is -3.74. The van der Waals surface area contributed by atoms with Crippen LogP contribution in [0.5, 0.6) is 0 Å². The highest BCUT2D eigenvalue weighted by molar-refractivity contribution is 5.96. The third kappa shape index (κ3) is 3.67. The van der Waals surface area contributed by atoms with Crippen LogP contribution in [0.4, 0.5) is 11.4 Å². The van der Waals surface area contributed by atoms with Crippen LogP contribution in [0.2, 0.25) is 0 Å². The number of benzene rings is 2. The minimum atomic E-state index is -0.612. The maximum atomic E-state index is 12.7. The fourth-order valence-electron chi connectivity index (χ4n) is 2.58. The number of nitro groups is 1. The minimum absolute atomic E-state index is 0.0101. The number of rotatable bonds is 5. The van der Waals surface area contributed by atoms with Crippen molar-refractivity contribution in [3.05, 3.63) is 99.9 Å². The SMILES string of the molecule is Nc1ccc(C(=O)NC(c2ccccc2)c2ccccn2)cc1[N+](=O)[O-]. The Morgan fingerprint density at radius 3 is 2.46 bits per heavy atom. The smallest absolute Gasteiger partial charge is 0.292 e. The number of pyridine rings is 1. The Kier molecular flexibility index (Phi) is 4.89. The van der Waals surface area contributed by atoms with Gasteiger partial charge >= 0.3 is 0 Å². The highest BCUT2D eigenvalue weighted by atomic mass is 16.6. The van der Waals surface area contributed by atoms with Gasteiger partial charge in [0.25, 0.3) is 11.6 Å². The van der Waals surface area contributed by atoms with Gasteiger partial charge in [-0.3, -0.25) is 19.9 Å². The summed E-state index contributed by atoms with van der Waals surface area (Å²) in [6.07, 6.45) is 1.64. The molecule has 1 heterocycles. The van der Waals surface area contributed by atoms with Crippen molar-refractivity contribution in [1.29, 1.82) is 0 Å². The van der Waals surface area contributed by atoms with Crippen LogP contribution in [0.15, 0.2) is 72.9 Å². The molecule has 0 aliphatic carbocycles. The molecule has 0 aliphatic heterocycles. The molecule has 3 aromatic rings. The lowest BCUT2D eigenvalue weighted by molar-refractivity contribution is -0.383. The highest BCUT2D eigenvalue weighted by Gasteiger charge is 2.21. The van der Waals surface area contributed by atoms with Crippen molar-refractivity contribution in [3.8, 4) is 0 Å². The van der Waals surface area contributed by atoms with Gasteiger partial charge < -0.3 is 11.1 Å². The summed E-state index contributed by atoms with van der Waals surface area (Å²) < 4.78 is 0. The van der Waals surface area contributed by atoms with E-state index in [0.717, 1.165) is 5.56 Å². The van der Waals surface area contributed by atoms with Crippen molar-refractivity contribution < 1.29 is 9.72 Å². The van der Waals surface area contributed by atoms with Gasteiger partial charge in [0.15, 0.2) is 0 Å². The standard InChI is InChI=1S/C19H16N4O3/c20-15-10-9-14(12-17(15)23(25)26)19(24)22-18(13-6-2-1-3-7-13)16-8-4-5-11-21-16/h1-12,18H,20H2,(H,22,24). The van der Waals surface area contributed by atoms with Gasteiger partial charge in [-0.05, 0) is 29.8 Å². The van der Waals surface area contributed by atoms with Gasteiger partial charge in [-0.25, -0.2) is 0 Å². The van der Waals surface area contributed by atoms with E-state index in [1.165, 1.54) is 18.2 Å². The molecule has 1 aromatic heterocycles. The third-order valence-corrected chi connectivity index (χ3v) is 3.88. The minimum Gasteiger partial charge on any atom is -0.393 e. The number of nitrogens with two attached hydrogens (primary N) is 1. The predicted molar refractivity (Wildman–Crippen MR) is 97.5 cm³/mol. The summed E-state index contributed by atoms with van der Waals surface area (Å²) in [5.74, 6) is -0.451. The van der Waals surface area contributed by atoms with Crippen LogP contribution >= 0.6 is 0 Å². The Morgan fingerprint density at radius 2 is 1.81 bits per heavy atom. The number of anilines is 1. The zero-order chi connectivity index (χ0) is 18.5. The molecule has 0 saturated heterocycles. The molecular formula is C19H16N4O3. The average molecular weight is 348 g/mol. The van der Waals surface area contributed by atoms with Crippen LogP contribution in [0.3, 0.4) is 0 Å². The Morgan fingerprint density at radius 1 is 1.08 bits per heavy atom. The molecule has 1 atom stereocenters. The van der Waals surface area contributed by atoms with E-state index in [9.17, 15) is 14.9 Å². The van der Waals surface area contributed by atoms with Crippen molar-refractivity contribution in [2.24, 2.45) is 0 Å². The number of carbonyl (C=O) groups is 1. The number of carbonyl (C=O) groups excluding carboxylic acids is 1. The lowest BCUT2D eigenvalue weighted by Gasteiger charge is -2.19. The summed E-state index contributed by atoms with van der Waals surface area (Å²) in [6.45, 7) is 0. The average Bonchev–Trinajstić information content (AvgIpc) is 2.67. The van der Waals surface area contributed by atoms with Crippen molar-refractivity contribution in [3.63, 3.8) is 0 Å². The first-order valence-corrected chi connectivity index (χ1v) is 7.87. The largest absolute Gasteiger partial charge is 0.393 e. The zero-order valence-electron chi connectivity index (χ0n) is 13.7. The van der Waals surface area contributed by atoms with Crippen molar-refractivity contribution >= 4 is 17.3 Å². The fraction of sp³-hybridized carbons (Fsp3) is 0.0526. The third-order valence-electron chi connectivity index (χ3n) is 3.88. The van der Waals surface area contributed by atoms with Crippen LogP contribution in [-0.2, 0) is 0 Å². The summed E-state index contributed by atoms with van der Waals surface area (Å²) in [5, 5.41) is 13.9. The van der Waals surface area contributed by atoms with Gasteiger partial charge in [-0.15, -0.1) is 0 Å². The first-order valence-electron chi connectivity index (χ1n) is 7.87. The second kappa shape index (κ2) is 7.43. The van der Waals surface area contributed by atoms with Crippen molar-refractivity contribution in [2.45, 2.75) is 6.04 Å². The van der Waals surface area contributed by atoms with Gasteiger partial charge in [-0.2, -0.15) is 0 Å². The lowest BCUT2D eigenvalue weighted by atomic mass is 10.0. The zero-order valence-corrected chi connectivity index (χ0v) is 13.7. The molecule has 3 N–H and O–H groups in total.